The lowest BCUT2D eigenvalue weighted by Crippen LogP contribution is -1.96. The topological polar surface area (TPSA) is 46.5 Å². The monoisotopic (exact) mass is 182 g/mol. The summed E-state index contributed by atoms with van der Waals surface area (Å²) in [5.74, 6) is -0.687. The first-order valence-corrected chi connectivity index (χ1v) is 4.67. The van der Waals surface area contributed by atoms with Crippen molar-refractivity contribution in [1.29, 1.82) is 0 Å². The van der Waals surface area contributed by atoms with Crippen LogP contribution in [0.4, 0.5) is 0 Å². The zero-order valence-corrected chi connectivity index (χ0v) is 7.32. The van der Waals surface area contributed by atoms with Crippen LogP contribution in [0.1, 0.15) is 6.92 Å². The van der Waals surface area contributed by atoms with Crippen molar-refractivity contribution in [2.45, 2.75) is 6.92 Å². The van der Waals surface area contributed by atoms with E-state index >= 15 is 0 Å². The Labute approximate surface area is 67.9 Å². The third kappa shape index (κ3) is 8.00. The minimum absolute atomic E-state index is 0.111. The Morgan fingerprint density at radius 3 is 3.10 bits per heavy atom. The van der Waals surface area contributed by atoms with Gasteiger partial charge in [-0.1, -0.05) is 11.6 Å². The highest BCUT2D eigenvalue weighted by Gasteiger charge is 1.91. The molecule has 0 saturated carbocycles. The molecule has 0 bridgehead atoms. The van der Waals surface area contributed by atoms with E-state index in [0.29, 0.717) is 6.61 Å². The molecule has 0 heterocycles. The number of carboxylic acids is 1. The van der Waals surface area contributed by atoms with Crippen LogP contribution in [0.25, 0.3) is 0 Å². The fourth-order valence-corrected chi connectivity index (χ4v) is 1.32. The van der Waals surface area contributed by atoms with Gasteiger partial charge in [0.15, 0.2) is 0 Å². The Balaban J connectivity index is 3.10. The molecule has 1 N–H and O–H groups in total. The molecule has 10 heavy (non-hydrogen) atoms. The highest BCUT2D eigenvalue weighted by molar-refractivity contribution is 8.24. The summed E-state index contributed by atoms with van der Waals surface area (Å²) < 4.78 is 6.64. The van der Waals surface area contributed by atoms with E-state index in [-0.39, 0.29) is 5.75 Å². The first kappa shape index (κ1) is 10.0. The number of carbonyl (C=O) groups is 1. The molecule has 0 aliphatic rings. The fraction of sp³-hybridized carbons (Fsp3) is 0.600. The van der Waals surface area contributed by atoms with Crippen molar-refractivity contribution in [3.63, 3.8) is 0 Å². The minimum atomic E-state index is -0.798. The lowest BCUT2D eigenvalue weighted by molar-refractivity contribution is -0.133. The zero-order valence-electron chi connectivity index (χ0n) is 5.61. The number of thiol groups is 1. The second-order valence-electron chi connectivity index (χ2n) is 1.33. The molecule has 0 fully saturated rings. The van der Waals surface area contributed by atoms with Gasteiger partial charge in [-0.25, -0.2) is 0 Å². The maximum atomic E-state index is 9.95. The lowest BCUT2D eigenvalue weighted by Gasteiger charge is -1.89. The molecule has 60 valence electrons. The van der Waals surface area contributed by atoms with Crippen LogP contribution in [0, 0.1) is 0 Å². The Morgan fingerprint density at radius 1 is 1.90 bits per heavy atom. The number of hydrogen-bond donors (Lipinski definition) is 2. The summed E-state index contributed by atoms with van der Waals surface area (Å²) in [7, 11) is 0. The summed E-state index contributed by atoms with van der Waals surface area (Å²) in [5, 5.41) is 8.19. The maximum Gasteiger partial charge on any atom is 0.313 e. The second kappa shape index (κ2) is 7.11. The molecule has 3 nitrogen and oxygen atoms in total. The second-order valence-corrected chi connectivity index (χ2v) is 3.27. The van der Waals surface area contributed by atoms with Gasteiger partial charge < -0.3 is 9.29 Å². The molecule has 0 atom stereocenters. The molecule has 5 heteroatoms. The number of hydrogen-bond acceptors (Lipinski definition) is 3. The lowest BCUT2D eigenvalue weighted by atomic mass is 10.8. The fourth-order valence-electron chi connectivity index (χ4n) is 0.244. The molecule has 0 aliphatic heterocycles. The van der Waals surface area contributed by atoms with Gasteiger partial charge in [-0.3, -0.25) is 4.79 Å². The van der Waals surface area contributed by atoms with E-state index in [1.165, 1.54) is 11.8 Å². The van der Waals surface area contributed by atoms with Crippen LogP contribution in [0.5, 0.6) is 0 Å². The van der Waals surface area contributed by atoms with E-state index in [1.807, 2.05) is 6.92 Å². The third-order valence-electron chi connectivity index (χ3n) is 0.528. The minimum Gasteiger partial charge on any atom is -0.481 e. The van der Waals surface area contributed by atoms with Crippen LogP contribution >= 0.6 is 23.4 Å². The van der Waals surface area contributed by atoms with Gasteiger partial charge in [-0.05, 0) is 6.92 Å². The molecular formula is C5H10O3S2. The van der Waals surface area contributed by atoms with Crippen molar-refractivity contribution in [3.8, 4) is 0 Å². The summed E-state index contributed by atoms with van der Waals surface area (Å²) in [6.45, 7) is 2.55. The van der Waals surface area contributed by atoms with Crippen LogP contribution in [-0.4, -0.2) is 28.1 Å². The molecule has 0 unspecified atom stereocenters. The van der Waals surface area contributed by atoms with Gasteiger partial charge in [0.2, 0.25) is 0 Å². The molecular weight excluding hydrogens is 172 g/mol. The summed E-state index contributed by atoms with van der Waals surface area (Å²) in [6.07, 6.45) is 0. The summed E-state index contributed by atoms with van der Waals surface area (Å²) >= 11 is 1.98. The van der Waals surface area contributed by atoms with E-state index in [2.05, 4.69) is 0 Å². The maximum absolute atomic E-state index is 9.95. The van der Waals surface area contributed by atoms with Crippen molar-refractivity contribution in [2.24, 2.45) is 0 Å². The SMILES string of the molecule is CCO[SH]=CSCC(=O)O. The molecule has 0 aliphatic carbocycles. The standard InChI is InChI=1S/C5H10O3S2/c1-2-8-10-4-9-3-5(6)7/h4,10H,2-3H2,1H3,(H,6,7). The van der Waals surface area contributed by atoms with E-state index in [4.69, 9.17) is 9.29 Å². The third-order valence-corrected chi connectivity index (χ3v) is 2.29. The van der Waals surface area contributed by atoms with E-state index in [1.54, 1.807) is 4.70 Å². The molecule has 0 aromatic heterocycles. The van der Waals surface area contributed by atoms with E-state index in [0.717, 1.165) is 11.6 Å². The summed E-state index contributed by atoms with van der Waals surface area (Å²) in [6, 6.07) is 0. The molecule has 0 radical (unpaired) electrons. The number of thioether (sulfide) groups is 1. The number of aliphatic carboxylic acids is 1. The first-order chi connectivity index (χ1) is 4.77. The highest BCUT2D eigenvalue weighted by Crippen LogP contribution is 1.98. The van der Waals surface area contributed by atoms with Crippen molar-refractivity contribution in [3.05, 3.63) is 0 Å². The van der Waals surface area contributed by atoms with Crippen LogP contribution < -0.4 is 0 Å². The van der Waals surface area contributed by atoms with E-state index < -0.39 is 5.97 Å². The summed E-state index contributed by atoms with van der Waals surface area (Å²) in [5.41, 5.74) is 0. The smallest absolute Gasteiger partial charge is 0.313 e. The van der Waals surface area contributed by atoms with Gasteiger partial charge in [-0.2, -0.15) is 0 Å². The number of rotatable bonds is 5. The quantitative estimate of drug-likeness (QED) is 0.491. The Hall–Kier alpha value is 0. The van der Waals surface area contributed by atoms with Gasteiger partial charge in [0.25, 0.3) is 0 Å². The first-order valence-electron chi connectivity index (χ1n) is 2.74. The summed E-state index contributed by atoms with van der Waals surface area (Å²) in [4.78, 5) is 9.95. The molecule has 0 aromatic carbocycles. The Bertz CT molecular complexity index is 124. The molecule has 0 amide bonds. The predicted molar refractivity (Wildman–Crippen MR) is 46.8 cm³/mol. The molecule has 0 aromatic rings. The Morgan fingerprint density at radius 2 is 2.60 bits per heavy atom. The highest BCUT2D eigenvalue weighted by atomic mass is 32.2. The van der Waals surface area contributed by atoms with Gasteiger partial charge in [-0.15, -0.1) is 11.8 Å². The van der Waals surface area contributed by atoms with E-state index in [9.17, 15) is 4.79 Å². The zero-order chi connectivity index (χ0) is 7.82. The average molecular weight is 182 g/mol. The van der Waals surface area contributed by atoms with Crippen LogP contribution in [-0.2, 0) is 8.98 Å². The molecule has 0 rings (SSSR count). The van der Waals surface area contributed by atoms with Crippen molar-refractivity contribution >= 4 is 34.1 Å². The Kier molecular flexibility index (Phi) is 7.11. The van der Waals surface area contributed by atoms with Gasteiger partial charge in [0.1, 0.15) is 0 Å². The van der Waals surface area contributed by atoms with Crippen molar-refractivity contribution in [1.82, 2.24) is 0 Å². The molecule has 0 spiro atoms. The van der Waals surface area contributed by atoms with Gasteiger partial charge in [0, 0.05) is 4.70 Å². The van der Waals surface area contributed by atoms with Crippen LogP contribution in [0.2, 0.25) is 0 Å². The number of carboxylic acid groups (broad SMARTS) is 1. The van der Waals surface area contributed by atoms with Crippen molar-refractivity contribution < 1.29 is 14.1 Å². The predicted octanol–water partition coefficient (Wildman–Crippen LogP) is 0.981. The van der Waals surface area contributed by atoms with Crippen LogP contribution in [0.3, 0.4) is 0 Å². The van der Waals surface area contributed by atoms with Gasteiger partial charge >= 0.3 is 5.97 Å². The van der Waals surface area contributed by atoms with Crippen molar-refractivity contribution in [2.75, 3.05) is 12.4 Å². The largest absolute Gasteiger partial charge is 0.481 e. The van der Waals surface area contributed by atoms with Gasteiger partial charge in [0.05, 0.1) is 12.4 Å². The normalized spacial score (nSPS) is 11.3. The van der Waals surface area contributed by atoms with Crippen LogP contribution in [0.15, 0.2) is 0 Å². The molecule has 0 saturated heterocycles. The average Bonchev–Trinajstić information content (AvgIpc) is 1.87.